The zero-order valence-electron chi connectivity index (χ0n) is 14.5. The number of carbonyl (C=O) groups excluding carboxylic acids is 3. The number of esters is 1. The molecule has 1 fully saturated rings. The van der Waals surface area contributed by atoms with Gasteiger partial charge in [-0.15, -0.1) is 16.7 Å². The van der Waals surface area contributed by atoms with Crippen LogP contribution in [-0.4, -0.2) is 57.5 Å². The van der Waals surface area contributed by atoms with Crippen LogP contribution >= 0.6 is 11.8 Å². The summed E-state index contributed by atoms with van der Waals surface area (Å²) in [6.45, 7) is 0.948. The second-order valence-electron chi connectivity index (χ2n) is 5.96. The quantitative estimate of drug-likeness (QED) is 0.369. The van der Waals surface area contributed by atoms with Crippen LogP contribution < -0.4 is 5.32 Å². The summed E-state index contributed by atoms with van der Waals surface area (Å²) in [5.74, 6) is -3.16. The number of carboxylic acid groups (broad SMARTS) is 1. The number of β-lactam (4-membered cyclic amide) rings is 1. The van der Waals surface area contributed by atoms with Gasteiger partial charge in [-0.2, -0.15) is 0 Å². The first-order valence-electron chi connectivity index (χ1n) is 8.04. The van der Waals surface area contributed by atoms with Crippen molar-refractivity contribution in [1.29, 1.82) is 0 Å². The highest BCUT2D eigenvalue weighted by atomic mass is 32.2. The number of ether oxygens (including phenoxy) is 1. The van der Waals surface area contributed by atoms with Crippen molar-refractivity contribution in [2.45, 2.75) is 24.4 Å². The first-order chi connectivity index (χ1) is 13.3. The summed E-state index contributed by atoms with van der Waals surface area (Å²) in [6, 6.07) is 0.422. The molecule has 1 aromatic heterocycles. The molecule has 3 atom stereocenters. The summed E-state index contributed by atoms with van der Waals surface area (Å²) in [7, 11) is 0. The lowest BCUT2D eigenvalue weighted by Crippen LogP contribution is -2.70. The van der Waals surface area contributed by atoms with Gasteiger partial charge in [0.05, 0.1) is 6.26 Å². The number of amides is 2. The first kappa shape index (κ1) is 19.6. The van der Waals surface area contributed by atoms with Crippen LogP contribution in [0.3, 0.4) is 0 Å². The lowest BCUT2D eigenvalue weighted by Gasteiger charge is -2.49. The number of hydrogen-bond donors (Lipinski definition) is 2. The largest absolute Gasteiger partial charge is 0.477 e. The van der Waals surface area contributed by atoms with Crippen LogP contribution in [0.5, 0.6) is 0 Å². The van der Waals surface area contributed by atoms with Gasteiger partial charge in [0, 0.05) is 18.2 Å². The number of nitroso groups, excluding NO2 is 1. The zero-order valence-corrected chi connectivity index (χ0v) is 15.3. The molecule has 2 N–H and O–H groups in total. The van der Waals surface area contributed by atoms with Gasteiger partial charge in [0.1, 0.15) is 29.5 Å². The third kappa shape index (κ3) is 3.50. The van der Waals surface area contributed by atoms with E-state index in [1.165, 1.54) is 37.1 Å². The molecule has 1 unspecified atom stereocenters. The third-order valence-corrected chi connectivity index (χ3v) is 5.50. The average molecular weight is 409 g/mol. The highest BCUT2D eigenvalue weighted by Gasteiger charge is 2.54. The molecule has 12 heteroatoms. The first-order valence-corrected chi connectivity index (χ1v) is 9.09. The summed E-state index contributed by atoms with van der Waals surface area (Å²) >= 11 is 1.21. The molecule has 0 saturated carbocycles. The Labute approximate surface area is 162 Å². The maximum Gasteiger partial charge on any atom is 0.352 e. The van der Waals surface area contributed by atoms with Gasteiger partial charge in [-0.25, -0.2) is 4.79 Å². The summed E-state index contributed by atoms with van der Waals surface area (Å²) in [4.78, 5) is 59.5. The molecule has 0 spiro atoms. The minimum absolute atomic E-state index is 0.0298. The fraction of sp³-hybridized carbons (Fsp3) is 0.375. The van der Waals surface area contributed by atoms with E-state index in [0.29, 0.717) is 0 Å². The number of rotatable bonds is 7. The molecular weight excluding hydrogens is 394 g/mol. The van der Waals surface area contributed by atoms with Gasteiger partial charge < -0.3 is 19.6 Å². The molecule has 1 aromatic rings. The topological polar surface area (TPSA) is 156 Å². The van der Waals surface area contributed by atoms with E-state index in [-0.39, 0.29) is 29.4 Å². The molecule has 2 aliphatic heterocycles. The maximum absolute atomic E-state index is 12.5. The predicted octanol–water partition coefficient (Wildman–Crippen LogP) is 0.389. The monoisotopic (exact) mass is 409 g/mol. The molecular formula is C16H15N3O8S. The van der Waals surface area contributed by atoms with Crippen LogP contribution in [0.25, 0.3) is 0 Å². The van der Waals surface area contributed by atoms with E-state index < -0.39 is 41.2 Å². The fourth-order valence-electron chi connectivity index (χ4n) is 2.89. The van der Waals surface area contributed by atoms with Gasteiger partial charge in [0.25, 0.3) is 11.8 Å². The number of nitrogens with zero attached hydrogens (tertiary/aromatic N) is 2. The van der Waals surface area contributed by atoms with Crippen molar-refractivity contribution in [1.82, 2.24) is 10.2 Å². The molecule has 1 saturated heterocycles. The molecule has 3 rings (SSSR count). The number of carboxylic acids is 1. The van der Waals surface area contributed by atoms with Gasteiger partial charge in [-0.05, 0) is 17.3 Å². The minimum Gasteiger partial charge on any atom is -0.477 e. The van der Waals surface area contributed by atoms with Gasteiger partial charge in [0.15, 0.2) is 0 Å². The molecule has 148 valence electrons. The second kappa shape index (κ2) is 7.84. The molecule has 0 aliphatic carbocycles. The Morgan fingerprint density at radius 2 is 2.25 bits per heavy atom. The highest BCUT2D eigenvalue weighted by Crippen LogP contribution is 2.40. The number of carbonyl (C=O) groups is 4. The van der Waals surface area contributed by atoms with Crippen molar-refractivity contribution in [3.8, 4) is 0 Å². The third-order valence-electron chi connectivity index (χ3n) is 4.16. The molecule has 2 aliphatic rings. The van der Waals surface area contributed by atoms with Crippen LogP contribution in [0.1, 0.15) is 18.7 Å². The van der Waals surface area contributed by atoms with E-state index in [1.807, 2.05) is 0 Å². The molecule has 11 nitrogen and oxygen atoms in total. The lowest BCUT2D eigenvalue weighted by atomic mass is 10.0. The van der Waals surface area contributed by atoms with Crippen LogP contribution in [0, 0.1) is 4.91 Å². The van der Waals surface area contributed by atoms with Crippen molar-refractivity contribution < 1.29 is 33.4 Å². The number of fused-ring (bicyclic) bond motifs is 1. The van der Waals surface area contributed by atoms with E-state index in [1.54, 1.807) is 0 Å². The lowest BCUT2D eigenvalue weighted by molar-refractivity contribution is -0.151. The van der Waals surface area contributed by atoms with Crippen molar-refractivity contribution in [2.24, 2.45) is 5.18 Å². The van der Waals surface area contributed by atoms with Crippen LogP contribution in [0.15, 0.2) is 39.3 Å². The van der Waals surface area contributed by atoms with Crippen LogP contribution in [-0.2, 0) is 23.9 Å². The number of aliphatic carboxylic acids is 1. The minimum atomic E-state index is -1.46. The number of nitrogens with one attached hydrogen (secondary N) is 1. The van der Waals surface area contributed by atoms with Gasteiger partial charge in [-0.1, -0.05) is 0 Å². The van der Waals surface area contributed by atoms with Gasteiger partial charge >= 0.3 is 11.9 Å². The Balaban J connectivity index is 1.74. The zero-order chi connectivity index (χ0) is 20.4. The van der Waals surface area contributed by atoms with E-state index in [2.05, 4.69) is 10.5 Å². The van der Waals surface area contributed by atoms with Crippen LogP contribution in [0.4, 0.5) is 0 Å². The van der Waals surface area contributed by atoms with Crippen molar-refractivity contribution in [3.63, 3.8) is 0 Å². The Bertz CT molecular complexity index is 865. The van der Waals surface area contributed by atoms with E-state index in [4.69, 9.17) is 9.15 Å². The van der Waals surface area contributed by atoms with E-state index >= 15 is 0 Å². The standard InChI is InChI=1S/C16H15N3O8S/c1-7(20)27-5-8-6-28-15-11(14(22)19(15)12(8)16(23)24)17-13(21)10(18-25)9-3-2-4-26-9/h2-4,10-11,15H,5-6H2,1H3,(H,17,21)(H,23,24)/t10?,11-,15-/m1/s1. The maximum atomic E-state index is 12.5. The summed E-state index contributed by atoms with van der Waals surface area (Å²) in [5.41, 5.74) is 0.0155. The highest BCUT2D eigenvalue weighted by molar-refractivity contribution is 8.00. The Kier molecular flexibility index (Phi) is 5.49. The molecule has 0 radical (unpaired) electrons. The average Bonchev–Trinajstić information content (AvgIpc) is 3.18. The van der Waals surface area contributed by atoms with Crippen molar-refractivity contribution in [3.05, 3.63) is 40.3 Å². The summed E-state index contributed by atoms with van der Waals surface area (Å²) in [5, 5.41) is 14.0. The summed E-state index contributed by atoms with van der Waals surface area (Å²) < 4.78 is 9.85. The second-order valence-corrected chi connectivity index (χ2v) is 7.06. The SMILES string of the molecule is CC(=O)OCC1=C(C(=O)O)N2C(=O)[C@@H](NC(=O)C(N=O)c3ccco3)[C@H]2SC1. The van der Waals surface area contributed by atoms with E-state index in [0.717, 1.165) is 4.90 Å². The molecule has 3 heterocycles. The summed E-state index contributed by atoms with van der Waals surface area (Å²) in [6.07, 6.45) is 1.28. The fourth-order valence-corrected chi connectivity index (χ4v) is 4.22. The Morgan fingerprint density at radius 3 is 2.82 bits per heavy atom. The van der Waals surface area contributed by atoms with Crippen molar-refractivity contribution in [2.75, 3.05) is 12.4 Å². The molecule has 0 bridgehead atoms. The molecule has 2 amide bonds. The smallest absolute Gasteiger partial charge is 0.352 e. The normalized spacial score (nSPS) is 22.0. The van der Waals surface area contributed by atoms with Crippen LogP contribution in [0.2, 0.25) is 0 Å². The Hall–Kier alpha value is -3.15. The van der Waals surface area contributed by atoms with E-state index in [9.17, 15) is 29.2 Å². The number of hydrogen-bond acceptors (Lipinski definition) is 9. The molecule has 28 heavy (non-hydrogen) atoms. The Morgan fingerprint density at radius 1 is 1.50 bits per heavy atom. The van der Waals surface area contributed by atoms with Crippen molar-refractivity contribution >= 4 is 35.5 Å². The van der Waals surface area contributed by atoms with Gasteiger partial charge in [-0.3, -0.25) is 19.3 Å². The number of furan rings is 1. The molecule has 0 aromatic carbocycles. The number of thioether (sulfide) groups is 1. The van der Waals surface area contributed by atoms with Gasteiger partial charge in [0.2, 0.25) is 6.04 Å². The predicted molar refractivity (Wildman–Crippen MR) is 93.6 cm³/mol.